The summed E-state index contributed by atoms with van der Waals surface area (Å²) in [7, 11) is 0. The van der Waals surface area contributed by atoms with E-state index >= 15 is 0 Å². The molecule has 23 nitrogen and oxygen atoms in total. The largest absolute Gasteiger partial charge is 0.508 e. The van der Waals surface area contributed by atoms with E-state index in [-0.39, 0.29) is 23.4 Å². The molecule has 0 bridgehead atoms. The van der Waals surface area contributed by atoms with Gasteiger partial charge in [0.2, 0.25) is 35.4 Å². The Bertz CT molecular complexity index is 2860. The zero-order valence-corrected chi connectivity index (χ0v) is 45.3. The predicted molar refractivity (Wildman–Crippen MR) is 292 cm³/mol. The molecule has 15 atom stereocenters. The molecule has 14 N–H and O–H groups in total. The van der Waals surface area contributed by atoms with Crippen LogP contribution in [0.5, 0.6) is 5.75 Å². The monoisotopic (exact) mass is 1120 g/mol. The van der Waals surface area contributed by atoms with Crippen LogP contribution in [-0.4, -0.2) is 189 Å². The summed E-state index contributed by atoms with van der Waals surface area (Å²) in [6, 6.07) is 15.6. The van der Waals surface area contributed by atoms with E-state index in [0.717, 1.165) is 77.3 Å². The molecule has 7 rings (SSSR count). The Kier molecular flexibility index (Phi) is 20.4. The Morgan fingerprint density at radius 3 is 1.69 bits per heavy atom. The lowest BCUT2D eigenvalue weighted by Crippen LogP contribution is -2.64. The average molecular weight is 1120 g/mol. The molecule has 81 heavy (non-hydrogen) atoms. The smallest absolute Gasteiger partial charge is 0.251 e. The van der Waals surface area contributed by atoms with Gasteiger partial charge in [-0.1, -0.05) is 99.5 Å². The minimum atomic E-state index is -2.29. The lowest BCUT2D eigenvalue weighted by atomic mass is 9.96. The van der Waals surface area contributed by atoms with Crippen LogP contribution in [-0.2, 0) is 35.2 Å². The van der Waals surface area contributed by atoms with E-state index in [2.05, 4.69) is 57.8 Å². The highest BCUT2D eigenvalue weighted by atomic mass is 16.3. The molecular formula is C58H73N7O16. The van der Waals surface area contributed by atoms with Gasteiger partial charge in [0.05, 0.1) is 24.4 Å². The summed E-state index contributed by atoms with van der Waals surface area (Å²) in [5.41, 5.74) is 4.83. The molecule has 0 aromatic heterocycles. The van der Waals surface area contributed by atoms with E-state index in [1.54, 1.807) is 12.1 Å². The van der Waals surface area contributed by atoms with Gasteiger partial charge in [0.15, 0.2) is 6.23 Å². The van der Waals surface area contributed by atoms with E-state index < -0.39 is 152 Å². The number of carbonyl (C=O) groups excluding carboxylic acids is 7. The van der Waals surface area contributed by atoms with E-state index in [0.29, 0.717) is 0 Å². The minimum Gasteiger partial charge on any atom is -0.508 e. The topological polar surface area (TPSA) is 368 Å². The molecule has 4 aromatic carbocycles. The molecule has 7 amide bonds. The average Bonchev–Trinajstić information content (AvgIpc) is 4.05. The molecule has 0 saturated carbocycles. The number of nitrogens with one attached hydrogen (secondary N) is 5. The van der Waals surface area contributed by atoms with Crippen LogP contribution in [0.25, 0.3) is 22.3 Å². The van der Waals surface area contributed by atoms with Gasteiger partial charge in [-0.15, -0.1) is 0 Å². The summed E-state index contributed by atoms with van der Waals surface area (Å²) >= 11 is 0. The highest BCUT2D eigenvalue weighted by Gasteiger charge is 2.50. The summed E-state index contributed by atoms with van der Waals surface area (Å²) in [4.78, 5) is 102. The van der Waals surface area contributed by atoms with E-state index in [4.69, 9.17) is 0 Å². The number of hydrogen-bond donors (Lipinski definition) is 14. The van der Waals surface area contributed by atoms with Crippen molar-refractivity contribution in [1.82, 2.24) is 36.4 Å². The van der Waals surface area contributed by atoms with Gasteiger partial charge in [0, 0.05) is 37.4 Å². The molecule has 0 radical (unpaired) electrons. The first kappa shape index (κ1) is 61.3. The van der Waals surface area contributed by atoms with E-state index in [1.807, 2.05) is 24.3 Å². The summed E-state index contributed by atoms with van der Waals surface area (Å²) in [5, 5.41) is 111. The van der Waals surface area contributed by atoms with Crippen molar-refractivity contribution in [2.75, 3.05) is 13.1 Å². The number of carbonyl (C=O) groups is 7. The van der Waals surface area contributed by atoms with Gasteiger partial charge in [0.1, 0.15) is 60.3 Å². The number of rotatable bonds is 13. The fourth-order valence-corrected chi connectivity index (χ4v) is 10.4. The van der Waals surface area contributed by atoms with Gasteiger partial charge >= 0.3 is 0 Å². The minimum absolute atomic E-state index is 0.0209. The van der Waals surface area contributed by atoms with Crippen LogP contribution in [0.15, 0.2) is 97.1 Å². The van der Waals surface area contributed by atoms with Crippen LogP contribution >= 0.6 is 0 Å². The second-order valence-electron chi connectivity index (χ2n) is 21.4. The third-order valence-electron chi connectivity index (χ3n) is 15.2. The highest BCUT2D eigenvalue weighted by Crippen LogP contribution is 2.29. The second kappa shape index (κ2) is 26.9. The number of unbranched alkanes of at least 4 members (excludes halogenated alkanes) is 2. The molecular weight excluding hydrogens is 1050 g/mol. The van der Waals surface area contributed by atoms with Crippen LogP contribution < -0.4 is 26.6 Å². The summed E-state index contributed by atoms with van der Waals surface area (Å²) in [6.07, 6.45) is -12.3. The highest BCUT2D eigenvalue weighted by molar-refractivity contribution is 6.00. The Labute approximate surface area is 468 Å². The number of phenols is 1. The molecule has 3 saturated heterocycles. The third kappa shape index (κ3) is 14.6. The first-order chi connectivity index (χ1) is 38.5. The molecule has 3 fully saturated rings. The maximum atomic E-state index is 14.5. The second-order valence-corrected chi connectivity index (χ2v) is 21.4. The van der Waals surface area contributed by atoms with Crippen molar-refractivity contribution >= 4 is 41.4 Å². The number of amides is 7. The van der Waals surface area contributed by atoms with Crippen LogP contribution in [0.2, 0.25) is 0 Å². The number of aryl methyl sites for hydroxylation is 1. The predicted octanol–water partition coefficient (Wildman–Crippen LogP) is -0.763. The molecule has 3 aliphatic rings. The van der Waals surface area contributed by atoms with Gasteiger partial charge in [-0.25, -0.2) is 0 Å². The maximum absolute atomic E-state index is 14.5. The van der Waals surface area contributed by atoms with Crippen LogP contribution in [0.4, 0.5) is 0 Å². The first-order valence-corrected chi connectivity index (χ1v) is 27.1. The Hall–Kier alpha value is -7.35. The summed E-state index contributed by atoms with van der Waals surface area (Å²) < 4.78 is 0. The Balaban J connectivity index is 1.19. The summed E-state index contributed by atoms with van der Waals surface area (Å²) in [5.74, 6) is -9.41. The van der Waals surface area contributed by atoms with Crippen molar-refractivity contribution in [1.29, 1.82) is 0 Å². The molecule has 0 aliphatic carbocycles. The standard InChI is InChI=1S/C58H73N7O16/c1-5-6-7-8-32-9-11-33(12-10-32)34-13-15-35(16-14-34)36-17-19-38(20-18-36)51(74)59-41-26-43(70)54(77)63-56(79)47-48(71)29(2)27-65(47)58(81)45(31(4)67)61-55(78)46(50(73)49(72)37-21-23-39(68)24-22-37)62-53(76)42-25-40(69)28-64(42)57(80)44(30(3)66)60-52(41)75/h9-24,29-31,40-50,54,66-73,77H,5-8,25-28H2,1-4H3,(H,59,74)(H,60,75)(H,61,78)(H,62,76)(H,63,79)/t29?,30?,31?,40?,41?,42-,43?,44-,45-,46-,47-,48?,49?,50?,54?/m0/s1. The number of fused-ring (bicyclic) bond motifs is 2. The molecule has 4 aromatic rings. The van der Waals surface area contributed by atoms with Gasteiger partial charge in [0.25, 0.3) is 5.91 Å². The van der Waals surface area contributed by atoms with Gasteiger partial charge in [-0.05, 0) is 84.3 Å². The number of phenolic OH excluding ortho intramolecular Hbond substituents is 1. The quantitative estimate of drug-likeness (QED) is 0.0732. The van der Waals surface area contributed by atoms with Gasteiger partial charge in [-0.3, -0.25) is 33.6 Å². The Morgan fingerprint density at radius 2 is 1.14 bits per heavy atom. The van der Waals surface area contributed by atoms with Crippen molar-refractivity contribution in [3.05, 3.63) is 114 Å². The molecule has 0 spiro atoms. The SMILES string of the molecule is CCCCCc1ccc(-c2ccc(-c3ccc(C(=O)NC4CC(O)C(O)NC(=O)[C@@H]5C(O)C(C)CN5C(=O)[C@H](C(C)O)NC(=O)[C@H](C(O)C(O)c5ccc(O)cc5)NC(=O)[C@@H]5CC(O)CN5C(=O)[C@H](C(C)O)NC4=O)cc3)cc2)cc1. The zero-order valence-electron chi connectivity index (χ0n) is 45.3. The number of aliphatic hydroxyl groups excluding tert-OH is 8. The van der Waals surface area contributed by atoms with E-state index in [9.17, 15) is 79.5 Å². The lowest BCUT2D eigenvalue weighted by Gasteiger charge is -2.34. The summed E-state index contributed by atoms with van der Waals surface area (Å²) in [6.45, 7) is 4.88. The lowest BCUT2D eigenvalue weighted by molar-refractivity contribution is -0.148. The molecule has 3 heterocycles. The van der Waals surface area contributed by atoms with Crippen molar-refractivity contribution in [2.45, 2.75) is 151 Å². The first-order valence-electron chi connectivity index (χ1n) is 27.1. The van der Waals surface area contributed by atoms with Crippen molar-refractivity contribution in [3.8, 4) is 28.0 Å². The number of nitrogens with zero attached hydrogens (tertiary/aromatic N) is 2. The third-order valence-corrected chi connectivity index (χ3v) is 15.2. The van der Waals surface area contributed by atoms with Crippen molar-refractivity contribution in [3.63, 3.8) is 0 Å². The molecule has 23 heteroatoms. The fraction of sp³-hybridized carbons (Fsp3) is 0.466. The molecule has 3 aliphatic heterocycles. The van der Waals surface area contributed by atoms with Crippen LogP contribution in [0, 0.1) is 5.92 Å². The van der Waals surface area contributed by atoms with Gasteiger partial charge in [-0.2, -0.15) is 0 Å². The maximum Gasteiger partial charge on any atom is 0.251 e. The molecule has 436 valence electrons. The van der Waals surface area contributed by atoms with Crippen LogP contribution in [0.1, 0.15) is 87.4 Å². The van der Waals surface area contributed by atoms with Crippen molar-refractivity contribution < 1.29 is 79.5 Å². The van der Waals surface area contributed by atoms with Crippen molar-refractivity contribution in [2.24, 2.45) is 5.92 Å². The number of aliphatic hydroxyl groups is 8. The van der Waals surface area contributed by atoms with E-state index in [1.165, 1.54) is 43.2 Å². The van der Waals surface area contributed by atoms with Crippen LogP contribution in [0.3, 0.4) is 0 Å². The Morgan fingerprint density at radius 1 is 0.617 bits per heavy atom. The number of benzene rings is 4. The normalized spacial score (nSPS) is 27.8. The molecule has 10 unspecified atom stereocenters. The fourth-order valence-electron chi connectivity index (χ4n) is 10.4. The number of hydrogen-bond acceptors (Lipinski definition) is 16. The van der Waals surface area contributed by atoms with Gasteiger partial charge < -0.3 is 82.3 Å². The number of aromatic hydroxyl groups is 1. The zero-order chi connectivity index (χ0) is 59.0.